The van der Waals surface area contributed by atoms with Crippen LogP contribution in [-0.2, 0) is 7.05 Å². The van der Waals surface area contributed by atoms with Crippen molar-refractivity contribution in [1.82, 2.24) is 14.0 Å². The Kier molecular flexibility index (Phi) is 2.29. The van der Waals surface area contributed by atoms with Crippen molar-refractivity contribution in [3.8, 4) is 0 Å². The molecule has 118 valence electrons. The highest BCUT2D eigenvalue weighted by Gasteiger charge is 2.15. The summed E-state index contributed by atoms with van der Waals surface area (Å²) in [5, 5.41) is 4.95. The van der Waals surface area contributed by atoms with E-state index in [9.17, 15) is 0 Å². The van der Waals surface area contributed by atoms with Crippen LogP contribution in [0.15, 0.2) is 72.8 Å². The van der Waals surface area contributed by atoms with Crippen molar-refractivity contribution < 1.29 is 0 Å². The van der Waals surface area contributed by atoms with Gasteiger partial charge in [-0.15, -0.1) is 0 Å². The fraction of sp³-hybridized carbons (Fsp3) is 0.0455. The Morgan fingerprint density at radius 2 is 1.36 bits per heavy atom. The Morgan fingerprint density at radius 1 is 0.680 bits per heavy atom. The third-order valence-electron chi connectivity index (χ3n) is 5.28. The molecule has 0 atom stereocenters. The highest BCUT2D eigenvalue weighted by Crippen LogP contribution is 2.31. The lowest BCUT2D eigenvalue weighted by molar-refractivity contribution is 0.974. The van der Waals surface area contributed by atoms with E-state index < -0.39 is 0 Å². The molecule has 0 aliphatic heterocycles. The first-order chi connectivity index (χ1) is 12.3. The average molecular weight is 321 g/mol. The molecule has 6 aromatic rings. The third-order valence-corrected chi connectivity index (χ3v) is 5.28. The number of aromatic nitrogens is 3. The number of benzene rings is 4. The molecular formula is C22H15N3. The Morgan fingerprint density at radius 3 is 2.16 bits per heavy atom. The van der Waals surface area contributed by atoms with E-state index >= 15 is 0 Å². The van der Waals surface area contributed by atoms with Crippen LogP contribution in [-0.4, -0.2) is 14.0 Å². The van der Waals surface area contributed by atoms with Crippen LogP contribution >= 0.6 is 0 Å². The molecule has 0 aliphatic carbocycles. The van der Waals surface area contributed by atoms with Gasteiger partial charge in [-0.1, -0.05) is 54.6 Å². The summed E-state index contributed by atoms with van der Waals surface area (Å²) in [5.74, 6) is 0.983. The fourth-order valence-corrected chi connectivity index (χ4v) is 4.03. The molecule has 3 heteroatoms. The van der Waals surface area contributed by atoms with E-state index in [0.29, 0.717) is 0 Å². The molecule has 0 saturated heterocycles. The lowest BCUT2D eigenvalue weighted by Crippen LogP contribution is -1.88. The van der Waals surface area contributed by atoms with Crippen LogP contribution in [0, 0.1) is 0 Å². The number of aryl methyl sites for hydroxylation is 1. The van der Waals surface area contributed by atoms with Gasteiger partial charge in [-0.2, -0.15) is 0 Å². The molecule has 6 rings (SSSR count). The topological polar surface area (TPSA) is 22.2 Å². The lowest BCUT2D eigenvalue weighted by Gasteiger charge is -2.02. The quantitative estimate of drug-likeness (QED) is 0.373. The summed E-state index contributed by atoms with van der Waals surface area (Å²) in [6.07, 6.45) is 0. The molecule has 2 aromatic heterocycles. The number of imidazole rings is 2. The van der Waals surface area contributed by atoms with Crippen LogP contribution in [0.2, 0.25) is 0 Å². The van der Waals surface area contributed by atoms with Gasteiger partial charge in [0, 0.05) is 12.4 Å². The SMILES string of the molecule is Cn1c2cc3ccccc3cc2n2c3ccc4ccccc4c3nc12. The smallest absolute Gasteiger partial charge is 0.215 e. The van der Waals surface area contributed by atoms with Crippen LogP contribution in [0.5, 0.6) is 0 Å². The zero-order valence-electron chi connectivity index (χ0n) is 13.8. The minimum Gasteiger partial charge on any atom is -0.313 e. The summed E-state index contributed by atoms with van der Waals surface area (Å²) in [5.41, 5.74) is 4.64. The minimum absolute atomic E-state index is 0.983. The number of hydrogen-bond acceptors (Lipinski definition) is 1. The highest BCUT2D eigenvalue weighted by atomic mass is 15.2. The fourth-order valence-electron chi connectivity index (χ4n) is 4.03. The molecule has 2 heterocycles. The molecule has 3 nitrogen and oxygen atoms in total. The second kappa shape index (κ2) is 4.39. The molecule has 0 fully saturated rings. The van der Waals surface area contributed by atoms with Gasteiger partial charge in [-0.05, 0) is 34.4 Å². The summed E-state index contributed by atoms with van der Waals surface area (Å²) in [6, 6.07) is 25.9. The van der Waals surface area contributed by atoms with Gasteiger partial charge in [0.05, 0.1) is 22.1 Å². The predicted molar refractivity (Wildman–Crippen MR) is 104 cm³/mol. The number of hydrogen-bond donors (Lipinski definition) is 0. The van der Waals surface area contributed by atoms with E-state index in [1.54, 1.807) is 0 Å². The molecule has 25 heavy (non-hydrogen) atoms. The van der Waals surface area contributed by atoms with Crippen molar-refractivity contribution in [3.05, 3.63) is 72.8 Å². The monoisotopic (exact) mass is 321 g/mol. The maximum atomic E-state index is 5.00. The molecule has 0 bridgehead atoms. The molecular weight excluding hydrogens is 306 g/mol. The second-order valence-electron chi connectivity index (χ2n) is 6.65. The Hall–Kier alpha value is -3.33. The van der Waals surface area contributed by atoms with Gasteiger partial charge >= 0.3 is 0 Å². The average Bonchev–Trinajstić information content (AvgIpc) is 3.17. The van der Waals surface area contributed by atoms with Gasteiger partial charge in [0.15, 0.2) is 0 Å². The van der Waals surface area contributed by atoms with Crippen LogP contribution in [0.4, 0.5) is 0 Å². The summed E-state index contributed by atoms with van der Waals surface area (Å²) in [7, 11) is 2.10. The number of nitrogens with zero attached hydrogens (tertiary/aromatic N) is 3. The third kappa shape index (κ3) is 1.57. The van der Waals surface area contributed by atoms with Crippen LogP contribution in [0.3, 0.4) is 0 Å². The van der Waals surface area contributed by atoms with E-state index in [2.05, 4.69) is 88.8 Å². The predicted octanol–water partition coefficient (Wildman–Crippen LogP) is 5.29. The van der Waals surface area contributed by atoms with Gasteiger partial charge in [-0.25, -0.2) is 4.98 Å². The van der Waals surface area contributed by atoms with E-state index in [-0.39, 0.29) is 0 Å². The number of rotatable bonds is 0. The van der Waals surface area contributed by atoms with Crippen molar-refractivity contribution in [2.75, 3.05) is 0 Å². The summed E-state index contributed by atoms with van der Waals surface area (Å²) in [6.45, 7) is 0. The minimum atomic E-state index is 0.983. The summed E-state index contributed by atoms with van der Waals surface area (Å²) in [4.78, 5) is 5.00. The first kappa shape index (κ1) is 13.0. The van der Waals surface area contributed by atoms with E-state index in [4.69, 9.17) is 4.98 Å². The zero-order valence-corrected chi connectivity index (χ0v) is 13.8. The summed E-state index contributed by atoms with van der Waals surface area (Å²) < 4.78 is 4.47. The van der Waals surface area contributed by atoms with Crippen molar-refractivity contribution in [1.29, 1.82) is 0 Å². The van der Waals surface area contributed by atoms with Gasteiger partial charge in [-0.3, -0.25) is 4.40 Å². The van der Waals surface area contributed by atoms with Crippen molar-refractivity contribution in [2.45, 2.75) is 0 Å². The highest BCUT2D eigenvalue weighted by molar-refractivity contribution is 6.08. The Bertz CT molecular complexity index is 1450. The lowest BCUT2D eigenvalue weighted by atomic mass is 10.1. The van der Waals surface area contributed by atoms with E-state index in [1.165, 1.54) is 32.6 Å². The normalized spacial score (nSPS) is 12.2. The van der Waals surface area contributed by atoms with E-state index in [0.717, 1.165) is 16.8 Å². The molecule has 0 amide bonds. The Balaban J connectivity index is 1.89. The molecule has 0 radical (unpaired) electrons. The molecule has 0 unspecified atom stereocenters. The largest absolute Gasteiger partial charge is 0.313 e. The molecule has 0 N–H and O–H groups in total. The molecule has 4 aromatic carbocycles. The molecule has 0 aliphatic rings. The molecule has 0 saturated carbocycles. The molecule has 0 spiro atoms. The maximum Gasteiger partial charge on any atom is 0.215 e. The summed E-state index contributed by atoms with van der Waals surface area (Å²) >= 11 is 0. The van der Waals surface area contributed by atoms with Crippen molar-refractivity contribution in [2.24, 2.45) is 7.05 Å². The van der Waals surface area contributed by atoms with Gasteiger partial charge < -0.3 is 4.57 Å². The van der Waals surface area contributed by atoms with Crippen molar-refractivity contribution >= 4 is 49.4 Å². The van der Waals surface area contributed by atoms with Crippen LogP contribution < -0.4 is 0 Å². The van der Waals surface area contributed by atoms with Gasteiger partial charge in [0.1, 0.15) is 0 Å². The first-order valence-electron chi connectivity index (χ1n) is 8.48. The first-order valence-corrected chi connectivity index (χ1v) is 8.48. The zero-order chi connectivity index (χ0) is 16.5. The Labute approximate surface area is 143 Å². The maximum absolute atomic E-state index is 5.00. The van der Waals surface area contributed by atoms with E-state index in [1.807, 2.05) is 0 Å². The van der Waals surface area contributed by atoms with Gasteiger partial charge in [0.25, 0.3) is 0 Å². The second-order valence-corrected chi connectivity index (χ2v) is 6.65. The van der Waals surface area contributed by atoms with Crippen LogP contribution in [0.25, 0.3) is 49.4 Å². The standard InChI is InChI=1S/C22H15N3/c1-24-19-12-15-7-2-3-8-16(15)13-20(19)25-18-11-10-14-6-4-5-9-17(14)21(18)23-22(24)25/h2-13H,1H3. The number of fused-ring (bicyclic) bond motifs is 8. The van der Waals surface area contributed by atoms with Crippen molar-refractivity contribution in [3.63, 3.8) is 0 Å². The van der Waals surface area contributed by atoms with Gasteiger partial charge in [0.2, 0.25) is 5.78 Å². The van der Waals surface area contributed by atoms with Crippen LogP contribution in [0.1, 0.15) is 0 Å².